The van der Waals surface area contributed by atoms with Crippen LogP contribution in [0, 0.1) is 28.6 Å². The van der Waals surface area contributed by atoms with Gasteiger partial charge < -0.3 is 34.9 Å². The number of nitrogens with one attached hydrogen (secondary N) is 3. The summed E-state index contributed by atoms with van der Waals surface area (Å²) in [7, 11) is 2.57. The van der Waals surface area contributed by atoms with Crippen LogP contribution in [0.15, 0.2) is 78.1 Å². The van der Waals surface area contributed by atoms with Gasteiger partial charge in [0.1, 0.15) is 17.9 Å². The van der Waals surface area contributed by atoms with E-state index in [0.29, 0.717) is 24.7 Å². The lowest BCUT2D eigenvalue weighted by atomic mass is 9.89. The van der Waals surface area contributed by atoms with Gasteiger partial charge in [-0.3, -0.25) is 14.6 Å². The molecular formula is C49H54N8O6. The number of nitrogens with zero attached hydrogens (tertiary/aromatic N) is 5. The summed E-state index contributed by atoms with van der Waals surface area (Å²) in [5, 5.41) is 16.8. The molecule has 3 aliphatic heterocycles. The summed E-state index contributed by atoms with van der Waals surface area (Å²) < 4.78 is 9.61. The van der Waals surface area contributed by atoms with E-state index < -0.39 is 24.3 Å². The number of aliphatic imine (C=N–C) groups is 1. The Labute approximate surface area is 367 Å². The molecule has 2 bridgehead atoms. The fourth-order valence-corrected chi connectivity index (χ4v) is 10.5. The maximum Gasteiger partial charge on any atom is 0.407 e. The fraction of sp³-hybridized carbons (Fsp3) is 0.449. The zero-order valence-corrected chi connectivity index (χ0v) is 36.2. The van der Waals surface area contributed by atoms with Crippen LogP contribution >= 0.6 is 0 Å². The zero-order valence-electron chi connectivity index (χ0n) is 36.2. The topological polar surface area (TPSA) is 182 Å². The first-order chi connectivity index (χ1) is 30.5. The number of aromatic amines is 1. The molecule has 4 aromatic rings. The number of imidazole rings is 1. The van der Waals surface area contributed by atoms with E-state index in [9.17, 15) is 24.4 Å². The van der Waals surface area contributed by atoms with Crippen molar-refractivity contribution in [3.05, 3.63) is 84.4 Å². The van der Waals surface area contributed by atoms with E-state index in [4.69, 9.17) is 19.5 Å². The van der Waals surface area contributed by atoms with E-state index in [-0.39, 0.29) is 54.1 Å². The van der Waals surface area contributed by atoms with Gasteiger partial charge in [0.25, 0.3) is 0 Å². The van der Waals surface area contributed by atoms with Crippen molar-refractivity contribution in [2.75, 3.05) is 20.8 Å². The summed E-state index contributed by atoms with van der Waals surface area (Å²) in [5.74, 6) is 0.712. The summed E-state index contributed by atoms with van der Waals surface area (Å²) in [5.41, 5.74) is 7.36. The molecule has 1 spiro atoms. The number of amides is 4. The Balaban J connectivity index is 0.865. The number of benzene rings is 3. The third kappa shape index (κ3) is 8.17. The minimum Gasteiger partial charge on any atom is -0.453 e. The Hall–Kier alpha value is -6.49. The number of hydrogen-bond acceptors (Lipinski definition) is 9. The Morgan fingerprint density at radius 3 is 2.29 bits per heavy atom. The van der Waals surface area contributed by atoms with Crippen molar-refractivity contribution in [3.63, 3.8) is 0 Å². The number of nitriles is 1. The average molecular weight is 851 g/mol. The molecule has 5 aliphatic rings. The standard InChI is InChI=1S/C49H54N8O6/c1-28(2)42(55-48(61)63-4)46(59)57-37-16-15-35(22-37)43(57)39-23-36(25-51-39)30-9-7-29(8-10-30)31-11-12-33-21-34(14-13-32(33)20-31)40-26-52-44(53-40)41-24-49(17-18-49)27-56(41)45(58)38(6-5-19-50)54-47(60)62-3/h7-14,20-21,25-26,28,35,37-38,41-43H,5-6,15-18,22-24,27H2,1-4H3,(H,52,53)(H,54,60)(H,55,61)/t35-,37+,38-,41-,42-,43-/m0/s1. The molecule has 14 heteroatoms. The number of methoxy groups -OCH3 is 2. The smallest absolute Gasteiger partial charge is 0.407 e. The summed E-state index contributed by atoms with van der Waals surface area (Å²) >= 11 is 0. The molecule has 2 saturated carbocycles. The molecule has 326 valence electrons. The Morgan fingerprint density at radius 2 is 1.59 bits per heavy atom. The van der Waals surface area contributed by atoms with Crippen LogP contribution in [0.25, 0.3) is 38.7 Å². The lowest BCUT2D eigenvalue weighted by Gasteiger charge is -2.38. The molecule has 3 N–H and O–H groups in total. The highest BCUT2D eigenvalue weighted by Gasteiger charge is 2.55. The predicted molar refractivity (Wildman–Crippen MR) is 238 cm³/mol. The SMILES string of the molecule is COC(=O)N[C@@H](CCC#N)C(=O)N1CC2(CC2)C[C@H]1c1ncc(-c2ccc3cc(-c4ccc(C5=CN=C([C@@H]6[C@H]7CC[C@H](C7)N6C(=O)[C@@H](NC(=O)OC)C(C)C)C5)cc4)ccc3c2)[nH]1. The van der Waals surface area contributed by atoms with Crippen molar-refractivity contribution in [1.82, 2.24) is 30.4 Å². The third-order valence-corrected chi connectivity index (χ3v) is 14.1. The van der Waals surface area contributed by atoms with Crippen LogP contribution < -0.4 is 10.6 Å². The molecule has 0 unspecified atom stereocenters. The molecule has 4 amide bonds. The largest absolute Gasteiger partial charge is 0.453 e. The molecule has 14 nitrogen and oxygen atoms in total. The van der Waals surface area contributed by atoms with Crippen LogP contribution in [-0.2, 0) is 19.1 Å². The van der Waals surface area contributed by atoms with E-state index in [2.05, 4.69) is 82.4 Å². The van der Waals surface area contributed by atoms with Crippen LogP contribution in [0.2, 0.25) is 0 Å². The van der Waals surface area contributed by atoms with Gasteiger partial charge in [0, 0.05) is 42.9 Å². The number of carbonyl (C=O) groups excluding carboxylic acids is 4. The van der Waals surface area contributed by atoms with E-state index in [1.54, 1.807) is 0 Å². The highest BCUT2D eigenvalue weighted by atomic mass is 16.5. The second-order valence-electron chi connectivity index (χ2n) is 18.3. The Bertz CT molecular complexity index is 2550. The maximum absolute atomic E-state index is 14.0. The second kappa shape index (κ2) is 17.0. The lowest BCUT2D eigenvalue weighted by Crippen LogP contribution is -2.57. The third-order valence-electron chi connectivity index (χ3n) is 14.1. The number of fused-ring (bicyclic) bond motifs is 3. The monoisotopic (exact) mass is 850 g/mol. The van der Waals surface area contributed by atoms with Gasteiger partial charge in [0.15, 0.2) is 0 Å². The average Bonchev–Trinajstić information content (AvgIpc) is 3.94. The first-order valence-corrected chi connectivity index (χ1v) is 22.1. The first-order valence-electron chi connectivity index (χ1n) is 22.1. The number of allylic oxidation sites excluding steroid dienone is 1. The van der Waals surface area contributed by atoms with Crippen molar-refractivity contribution < 1.29 is 28.7 Å². The molecule has 1 aromatic heterocycles. The highest BCUT2D eigenvalue weighted by molar-refractivity contribution is 6.04. The number of likely N-dealkylation sites (tertiary alicyclic amines) is 2. The molecule has 2 saturated heterocycles. The van der Waals surface area contributed by atoms with E-state index in [0.717, 1.165) is 88.5 Å². The molecule has 4 fully saturated rings. The van der Waals surface area contributed by atoms with E-state index in [1.165, 1.54) is 14.2 Å². The number of rotatable bonds is 12. The number of carbonyl (C=O) groups is 4. The van der Waals surface area contributed by atoms with Crippen LogP contribution in [0.4, 0.5) is 9.59 Å². The molecule has 0 radical (unpaired) electrons. The van der Waals surface area contributed by atoms with Crippen LogP contribution in [-0.4, -0.2) is 94.4 Å². The lowest BCUT2D eigenvalue weighted by molar-refractivity contribution is -0.137. The van der Waals surface area contributed by atoms with Gasteiger partial charge in [0.2, 0.25) is 11.8 Å². The van der Waals surface area contributed by atoms with Crippen molar-refractivity contribution >= 4 is 46.1 Å². The van der Waals surface area contributed by atoms with Crippen molar-refractivity contribution in [2.45, 2.75) is 102 Å². The molecule has 3 aromatic carbocycles. The number of hydrogen-bond donors (Lipinski definition) is 3. The molecule has 2 aliphatic carbocycles. The van der Waals surface area contributed by atoms with Gasteiger partial charge >= 0.3 is 12.2 Å². The molecule has 4 heterocycles. The number of piperidine rings is 1. The van der Waals surface area contributed by atoms with Gasteiger partial charge in [-0.25, -0.2) is 14.6 Å². The Morgan fingerprint density at radius 1 is 0.905 bits per heavy atom. The Kier molecular flexibility index (Phi) is 11.3. The highest BCUT2D eigenvalue weighted by Crippen LogP contribution is 2.58. The number of ether oxygens (including phenoxy) is 2. The minimum atomic E-state index is -0.856. The molecular weight excluding hydrogens is 797 g/mol. The first kappa shape index (κ1) is 41.8. The van der Waals surface area contributed by atoms with E-state index in [1.807, 2.05) is 36.0 Å². The van der Waals surface area contributed by atoms with Crippen molar-refractivity contribution in [2.24, 2.45) is 22.2 Å². The maximum atomic E-state index is 14.0. The van der Waals surface area contributed by atoms with Crippen LogP contribution in [0.3, 0.4) is 0 Å². The van der Waals surface area contributed by atoms with Gasteiger partial charge in [-0.15, -0.1) is 0 Å². The van der Waals surface area contributed by atoms with Crippen molar-refractivity contribution in [3.8, 4) is 28.5 Å². The van der Waals surface area contributed by atoms with Crippen LogP contribution in [0.1, 0.15) is 89.1 Å². The molecule has 63 heavy (non-hydrogen) atoms. The van der Waals surface area contributed by atoms with Crippen LogP contribution in [0.5, 0.6) is 0 Å². The summed E-state index contributed by atoms with van der Waals surface area (Å²) in [6.45, 7) is 4.48. The molecule has 6 atom stereocenters. The predicted octanol–water partition coefficient (Wildman–Crippen LogP) is 7.92. The number of alkyl carbamates (subject to hydrolysis) is 2. The quantitative estimate of drug-likeness (QED) is 0.128. The minimum absolute atomic E-state index is 0.0568. The normalized spacial score (nSPS) is 22.7. The fourth-order valence-electron chi connectivity index (χ4n) is 10.5. The summed E-state index contributed by atoms with van der Waals surface area (Å²) in [4.78, 5) is 69.2. The van der Waals surface area contributed by atoms with Gasteiger partial charge in [0.05, 0.1) is 44.3 Å². The summed E-state index contributed by atoms with van der Waals surface area (Å²) in [6.07, 6.45) is 9.40. The number of H-pyrrole nitrogens is 1. The van der Waals surface area contributed by atoms with Crippen molar-refractivity contribution in [1.29, 1.82) is 5.26 Å². The molecule has 9 rings (SSSR count). The van der Waals surface area contributed by atoms with Gasteiger partial charge in [-0.05, 0) is 107 Å². The zero-order chi connectivity index (χ0) is 44.0. The summed E-state index contributed by atoms with van der Waals surface area (Å²) in [6, 6.07) is 21.8. The van der Waals surface area contributed by atoms with Gasteiger partial charge in [-0.1, -0.05) is 62.4 Å². The van der Waals surface area contributed by atoms with Gasteiger partial charge in [-0.2, -0.15) is 5.26 Å². The number of aromatic nitrogens is 2. The van der Waals surface area contributed by atoms with E-state index >= 15 is 0 Å². The second-order valence-corrected chi connectivity index (χ2v) is 18.3.